The number of amides is 1. The molecule has 2 aromatic rings. The fraction of sp³-hybridized carbons (Fsp3) is 0.333. The van der Waals surface area contributed by atoms with Gasteiger partial charge in [0.25, 0.3) is 5.91 Å². The van der Waals surface area contributed by atoms with Gasteiger partial charge < -0.3 is 16.0 Å². The first-order valence-corrected chi connectivity index (χ1v) is 6.91. The van der Waals surface area contributed by atoms with E-state index < -0.39 is 17.3 Å². The monoisotopic (exact) mass is 289 g/mol. The zero-order valence-corrected chi connectivity index (χ0v) is 11.4. The molecule has 0 aliphatic heterocycles. The minimum absolute atomic E-state index is 0.0704. The molecule has 0 radical (unpaired) electrons. The molecule has 1 unspecified atom stereocenters. The zero-order chi connectivity index (χ0) is 15.0. The van der Waals surface area contributed by atoms with Gasteiger partial charge in [-0.25, -0.2) is 4.39 Å². The van der Waals surface area contributed by atoms with Crippen molar-refractivity contribution in [3.63, 3.8) is 0 Å². The smallest absolute Gasteiger partial charge is 0.252 e. The third kappa shape index (κ3) is 2.95. The average molecular weight is 289 g/mol. The van der Waals surface area contributed by atoms with Crippen molar-refractivity contribution in [2.75, 3.05) is 6.54 Å². The summed E-state index contributed by atoms with van der Waals surface area (Å²) in [5.74, 6) is -0.398. The van der Waals surface area contributed by atoms with Crippen LogP contribution in [0.2, 0.25) is 0 Å². The fourth-order valence-electron chi connectivity index (χ4n) is 2.41. The van der Waals surface area contributed by atoms with E-state index in [0.717, 1.165) is 12.8 Å². The number of nitrogens with two attached hydrogens (primary N) is 1. The van der Waals surface area contributed by atoms with Gasteiger partial charge >= 0.3 is 0 Å². The number of carbonyl (C=O) groups is 1. The van der Waals surface area contributed by atoms with Crippen LogP contribution in [0.3, 0.4) is 0 Å². The summed E-state index contributed by atoms with van der Waals surface area (Å²) in [5, 5.41) is 3.10. The summed E-state index contributed by atoms with van der Waals surface area (Å²) in [5.41, 5.74) is 6.13. The lowest BCUT2D eigenvalue weighted by Gasteiger charge is -2.12. The first-order chi connectivity index (χ1) is 10.0. The van der Waals surface area contributed by atoms with E-state index in [4.69, 9.17) is 5.73 Å². The van der Waals surface area contributed by atoms with E-state index in [0.29, 0.717) is 23.4 Å². The molecule has 1 amide bonds. The number of rotatable bonds is 4. The van der Waals surface area contributed by atoms with Gasteiger partial charge in [0.15, 0.2) is 0 Å². The summed E-state index contributed by atoms with van der Waals surface area (Å²) in [6, 6.07) is 5.03. The molecule has 0 saturated heterocycles. The van der Waals surface area contributed by atoms with Crippen LogP contribution in [0, 0.1) is 11.7 Å². The molecule has 1 aromatic heterocycles. The van der Waals surface area contributed by atoms with Gasteiger partial charge in [0.2, 0.25) is 5.56 Å². The largest absolute Gasteiger partial charge is 0.350 e. The van der Waals surface area contributed by atoms with Crippen LogP contribution in [-0.2, 0) is 0 Å². The highest BCUT2D eigenvalue weighted by Crippen LogP contribution is 2.31. The molecule has 110 valence electrons. The maximum Gasteiger partial charge on any atom is 0.252 e. The topological polar surface area (TPSA) is 88.0 Å². The lowest BCUT2D eigenvalue weighted by Crippen LogP contribution is -2.38. The van der Waals surface area contributed by atoms with E-state index in [1.807, 2.05) is 0 Å². The predicted octanol–water partition coefficient (Wildman–Crippen LogP) is 1.13. The van der Waals surface area contributed by atoms with Crippen LogP contribution in [0.4, 0.5) is 4.39 Å². The van der Waals surface area contributed by atoms with Crippen LogP contribution in [0.25, 0.3) is 10.9 Å². The van der Waals surface area contributed by atoms with Gasteiger partial charge in [-0.05, 0) is 37.0 Å². The van der Waals surface area contributed by atoms with Crippen molar-refractivity contribution < 1.29 is 9.18 Å². The standard InChI is InChI=1S/C15H16FN3O2/c16-9-3-4-13-10(5-9)11(6-14(20)19-13)15(21)18-7-12(17)8-1-2-8/h3-6,8,12H,1-2,7,17H2,(H,18,21)(H,19,20). The Labute approximate surface area is 120 Å². The summed E-state index contributed by atoms with van der Waals surface area (Å²) in [6.07, 6.45) is 2.19. The molecule has 1 aliphatic carbocycles. The number of hydrogen-bond acceptors (Lipinski definition) is 3. The highest BCUT2D eigenvalue weighted by atomic mass is 19.1. The normalized spacial score (nSPS) is 15.9. The van der Waals surface area contributed by atoms with Gasteiger partial charge in [-0.2, -0.15) is 0 Å². The molecule has 4 N–H and O–H groups in total. The lowest BCUT2D eigenvalue weighted by molar-refractivity contribution is 0.0952. The molecular formula is C15H16FN3O2. The Morgan fingerprint density at radius 1 is 1.43 bits per heavy atom. The molecule has 21 heavy (non-hydrogen) atoms. The van der Waals surface area contributed by atoms with Crippen LogP contribution in [0.5, 0.6) is 0 Å². The minimum Gasteiger partial charge on any atom is -0.350 e. The van der Waals surface area contributed by atoms with Crippen molar-refractivity contribution in [1.82, 2.24) is 10.3 Å². The lowest BCUT2D eigenvalue weighted by atomic mass is 10.1. The Morgan fingerprint density at radius 3 is 2.90 bits per heavy atom. The van der Waals surface area contributed by atoms with Crippen molar-refractivity contribution in [1.29, 1.82) is 0 Å². The number of aromatic amines is 1. The maximum atomic E-state index is 13.4. The maximum absolute atomic E-state index is 13.4. The summed E-state index contributed by atoms with van der Waals surface area (Å²) >= 11 is 0. The molecule has 1 heterocycles. The zero-order valence-electron chi connectivity index (χ0n) is 11.4. The van der Waals surface area contributed by atoms with Gasteiger partial charge in [-0.15, -0.1) is 0 Å². The number of nitrogens with one attached hydrogen (secondary N) is 2. The molecule has 0 spiro atoms. The van der Waals surface area contributed by atoms with E-state index >= 15 is 0 Å². The Balaban J connectivity index is 1.89. The molecule has 5 nitrogen and oxygen atoms in total. The van der Waals surface area contributed by atoms with Crippen LogP contribution < -0.4 is 16.6 Å². The van der Waals surface area contributed by atoms with E-state index in [2.05, 4.69) is 10.3 Å². The number of hydrogen-bond donors (Lipinski definition) is 3. The SMILES string of the molecule is NC(CNC(=O)c1cc(=O)[nH]c2ccc(F)cc12)C1CC1. The Bertz CT molecular complexity index is 752. The highest BCUT2D eigenvalue weighted by Gasteiger charge is 2.28. The number of aromatic nitrogens is 1. The third-order valence-corrected chi connectivity index (χ3v) is 3.78. The first-order valence-electron chi connectivity index (χ1n) is 6.91. The average Bonchev–Trinajstić information content (AvgIpc) is 3.28. The predicted molar refractivity (Wildman–Crippen MR) is 77.6 cm³/mol. The number of H-pyrrole nitrogens is 1. The van der Waals surface area contributed by atoms with Crippen molar-refractivity contribution in [2.24, 2.45) is 11.7 Å². The van der Waals surface area contributed by atoms with Gasteiger partial charge in [0.05, 0.1) is 5.56 Å². The van der Waals surface area contributed by atoms with E-state index in [1.165, 1.54) is 24.3 Å². The molecule has 0 bridgehead atoms. The van der Waals surface area contributed by atoms with Gasteiger partial charge in [-0.3, -0.25) is 9.59 Å². The van der Waals surface area contributed by atoms with Crippen molar-refractivity contribution in [3.8, 4) is 0 Å². The summed E-state index contributed by atoms with van der Waals surface area (Å²) < 4.78 is 13.4. The minimum atomic E-state index is -0.460. The highest BCUT2D eigenvalue weighted by molar-refractivity contribution is 6.05. The van der Waals surface area contributed by atoms with Crippen LogP contribution in [0.1, 0.15) is 23.2 Å². The second-order valence-electron chi connectivity index (χ2n) is 5.45. The first kappa shape index (κ1) is 13.8. The fourth-order valence-corrected chi connectivity index (χ4v) is 2.41. The quantitative estimate of drug-likeness (QED) is 0.788. The molecule has 1 aromatic carbocycles. The van der Waals surface area contributed by atoms with Gasteiger partial charge in [-0.1, -0.05) is 0 Å². The van der Waals surface area contributed by atoms with Crippen LogP contribution in [-0.4, -0.2) is 23.5 Å². The van der Waals surface area contributed by atoms with Crippen molar-refractivity contribution >= 4 is 16.8 Å². The third-order valence-electron chi connectivity index (χ3n) is 3.78. The summed E-state index contributed by atoms with van der Waals surface area (Å²) in [4.78, 5) is 26.4. The molecule has 1 fully saturated rings. The van der Waals surface area contributed by atoms with Crippen molar-refractivity contribution in [3.05, 3.63) is 46.0 Å². The van der Waals surface area contributed by atoms with Gasteiger partial charge in [0.1, 0.15) is 5.82 Å². The van der Waals surface area contributed by atoms with E-state index in [9.17, 15) is 14.0 Å². The molecule has 1 saturated carbocycles. The summed E-state index contributed by atoms with van der Waals surface area (Å²) in [6.45, 7) is 0.354. The Morgan fingerprint density at radius 2 is 2.19 bits per heavy atom. The second kappa shape index (κ2) is 5.29. The molecule has 6 heteroatoms. The number of halogens is 1. The van der Waals surface area contributed by atoms with E-state index in [-0.39, 0.29) is 11.6 Å². The number of benzene rings is 1. The Kier molecular flexibility index (Phi) is 3.47. The number of fused-ring (bicyclic) bond motifs is 1. The molecule has 3 rings (SSSR count). The molecule has 1 atom stereocenters. The molecular weight excluding hydrogens is 273 g/mol. The van der Waals surface area contributed by atoms with Crippen LogP contribution >= 0.6 is 0 Å². The van der Waals surface area contributed by atoms with Crippen molar-refractivity contribution in [2.45, 2.75) is 18.9 Å². The van der Waals surface area contributed by atoms with Crippen LogP contribution in [0.15, 0.2) is 29.1 Å². The second-order valence-corrected chi connectivity index (χ2v) is 5.45. The Hall–Kier alpha value is -2.21. The van der Waals surface area contributed by atoms with Gasteiger partial charge in [0, 0.05) is 29.6 Å². The van der Waals surface area contributed by atoms with E-state index in [1.54, 1.807) is 0 Å². The number of carbonyl (C=O) groups excluding carboxylic acids is 1. The number of pyridine rings is 1. The molecule has 1 aliphatic rings. The summed E-state index contributed by atoms with van der Waals surface area (Å²) in [7, 11) is 0.